The van der Waals surface area contributed by atoms with E-state index in [4.69, 9.17) is 31.7 Å². The van der Waals surface area contributed by atoms with Gasteiger partial charge in [0, 0.05) is 50.8 Å². The summed E-state index contributed by atoms with van der Waals surface area (Å²) < 4.78 is 74.0. The molecular weight excluding hydrogens is 1040 g/mol. The van der Waals surface area contributed by atoms with Gasteiger partial charge in [-0.05, 0) is 111 Å². The smallest absolute Gasteiger partial charge is 0.420 e. The molecule has 3 aromatic carbocycles. The lowest BCUT2D eigenvalue weighted by atomic mass is 9.85. The van der Waals surface area contributed by atoms with E-state index < -0.39 is 81.6 Å². The first-order valence-electron chi connectivity index (χ1n) is 25.0. The van der Waals surface area contributed by atoms with Crippen molar-refractivity contribution in [3.8, 4) is 28.1 Å². The number of thiazole rings is 1. The van der Waals surface area contributed by atoms with E-state index in [0.29, 0.717) is 61.2 Å². The molecular formula is C55H60F4N8O8S2. The van der Waals surface area contributed by atoms with E-state index >= 15 is 4.39 Å². The summed E-state index contributed by atoms with van der Waals surface area (Å²) in [6.45, 7) is 12.3. The third-order valence-corrected chi connectivity index (χ3v) is 14.4. The van der Waals surface area contributed by atoms with Crippen molar-refractivity contribution in [1.29, 1.82) is 5.26 Å². The first kappa shape index (κ1) is 57.6. The van der Waals surface area contributed by atoms with Gasteiger partial charge < -0.3 is 39.8 Å². The first-order valence-corrected chi connectivity index (χ1v) is 26.2. The van der Waals surface area contributed by atoms with Crippen LogP contribution in [0.3, 0.4) is 0 Å². The first-order chi connectivity index (χ1) is 36.5. The monoisotopic (exact) mass is 1100 g/mol. The number of alkyl halides is 3. The molecule has 3 N–H and O–H groups in total. The minimum absolute atomic E-state index is 0.0405. The highest BCUT2D eigenvalue weighted by Crippen LogP contribution is 2.42. The Labute approximate surface area is 453 Å². The van der Waals surface area contributed by atoms with E-state index in [1.54, 1.807) is 53.2 Å². The number of β-amino-alcohol motifs (C(OH)–C–C–N with tert-alkyl or cyclic N) is 1. The number of halogens is 4. The van der Waals surface area contributed by atoms with Crippen LogP contribution in [-0.4, -0.2) is 105 Å². The lowest BCUT2D eigenvalue weighted by Crippen LogP contribution is -2.57. The SMILES string of the molecule is Cc1ncsc1-c1ccc(CNC(=O)[C@@H]2C[C@@H](O)CN2C(=O)[C@@H](NC(=O)c2ccc(OCCCOCCCCCOc3ccc(N4C(=S)N(c5ccc(C#N)c(C(F)(F)F)c5F)C(=O)C4(C)C)cn3)cc2)C(C)(C)C)cc1. The Kier molecular flexibility index (Phi) is 18.3. The van der Waals surface area contributed by atoms with Crippen LogP contribution in [0.1, 0.15) is 99.5 Å². The third kappa shape index (κ3) is 13.6. The maximum atomic E-state index is 15.4. The summed E-state index contributed by atoms with van der Waals surface area (Å²) in [6.07, 6.45) is -1.72. The summed E-state index contributed by atoms with van der Waals surface area (Å²) in [5.41, 5.74) is -0.291. The minimum Gasteiger partial charge on any atom is -0.494 e. The number of ether oxygens (including phenoxy) is 3. The van der Waals surface area contributed by atoms with E-state index in [1.807, 2.05) is 52.0 Å². The van der Waals surface area contributed by atoms with Gasteiger partial charge in [0.1, 0.15) is 28.9 Å². The molecule has 0 aliphatic carbocycles. The number of aryl methyl sites for hydroxylation is 1. The molecule has 0 saturated carbocycles. The van der Waals surface area contributed by atoms with Crippen LogP contribution in [0.25, 0.3) is 10.4 Å². The molecule has 5 aromatic rings. The second-order valence-corrected chi connectivity index (χ2v) is 21.4. The highest BCUT2D eigenvalue weighted by molar-refractivity contribution is 7.81. The fraction of sp³-hybridized carbons (Fsp3) is 0.418. The number of benzene rings is 3. The number of carbonyl (C=O) groups excluding carboxylic acids is 4. The number of anilines is 2. The van der Waals surface area contributed by atoms with Crippen LogP contribution in [0.15, 0.2) is 84.5 Å². The van der Waals surface area contributed by atoms with Gasteiger partial charge in [-0.15, -0.1) is 11.3 Å². The van der Waals surface area contributed by atoms with Crippen molar-refractivity contribution in [2.75, 3.05) is 42.8 Å². The maximum absolute atomic E-state index is 15.4. The summed E-state index contributed by atoms with van der Waals surface area (Å²) in [4.78, 5) is 67.8. The number of nitrogens with one attached hydrogen (secondary N) is 2. The van der Waals surface area contributed by atoms with Crippen molar-refractivity contribution in [2.24, 2.45) is 5.41 Å². The van der Waals surface area contributed by atoms with Gasteiger partial charge in [-0.1, -0.05) is 45.0 Å². The Hall–Kier alpha value is -7.06. The lowest BCUT2D eigenvalue weighted by molar-refractivity contribution is -0.142. The molecule has 2 aromatic heterocycles. The van der Waals surface area contributed by atoms with Crippen LogP contribution in [0.4, 0.5) is 28.9 Å². The zero-order chi connectivity index (χ0) is 55.8. The van der Waals surface area contributed by atoms with Gasteiger partial charge >= 0.3 is 6.18 Å². The van der Waals surface area contributed by atoms with Crippen molar-refractivity contribution in [2.45, 2.75) is 110 Å². The van der Waals surface area contributed by atoms with Gasteiger partial charge in [-0.3, -0.25) is 24.1 Å². The quantitative estimate of drug-likeness (QED) is 0.0358. The molecule has 2 aliphatic rings. The fourth-order valence-electron chi connectivity index (χ4n) is 8.95. The summed E-state index contributed by atoms with van der Waals surface area (Å²) >= 11 is 7.06. The van der Waals surface area contributed by atoms with Crippen LogP contribution >= 0.6 is 23.6 Å². The predicted octanol–water partition coefficient (Wildman–Crippen LogP) is 8.92. The number of aliphatic hydroxyl groups excluding tert-OH is 1. The predicted molar refractivity (Wildman–Crippen MR) is 285 cm³/mol. The van der Waals surface area contributed by atoms with Gasteiger partial charge in [-0.25, -0.2) is 14.4 Å². The van der Waals surface area contributed by atoms with E-state index in [0.717, 1.165) is 46.7 Å². The molecule has 77 heavy (non-hydrogen) atoms. The number of thiocarbonyl (C=S) groups is 1. The molecule has 408 valence electrons. The summed E-state index contributed by atoms with van der Waals surface area (Å²) in [6, 6.07) is 18.7. The van der Waals surface area contributed by atoms with Gasteiger partial charge in [0.2, 0.25) is 17.7 Å². The molecule has 2 fully saturated rings. The Balaban J connectivity index is 0.786. The van der Waals surface area contributed by atoms with Crippen LogP contribution in [0.2, 0.25) is 0 Å². The number of nitriles is 1. The van der Waals surface area contributed by atoms with Gasteiger partial charge in [-0.2, -0.15) is 18.4 Å². The number of unbranched alkanes of at least 4 members (excludes halogenated alkanes) is 2. The largest absolute Gasteiger partial charge is 0.494 e. The minimum atomic E-state index is -5.19. The second kappa shape index (κ2) is 24.5. The van der Waals surface area contributed by atoms with E-state index in [1.165, 1.54) is 35.9 Å². The highest BCUT2D eigenvalue weighted by atomic mass is 32.1. The zero-order valence-corrected chi connectivity index (χ0v) is 45.0. The number of likely N-dealkylation sites (tertiary alicyclic amines) is 1. The summed E-state index contributed by atoms with van der Waals surface area (Å²) in [5.74, 6) is -3.04. The van der Waals surface area contributed by atoms with Crippen LogP contribution < -0.4 is 29.9 Å². The molecule has 0 unspecified atom stereocenters. The average Bonchev–Trinajstić information content (AvgIpc) is 4.12. The Morgan fingerprint density at radius 1 is 0.935 bits per heavy atom. The molecule has 2 aliphatic heterocycles. The Bertz CT molecular complexity index is 2980. The number of hydrogen-bond acceptors (Lipinski definition) is 13. The molecule has 2 saturated heterocycles. The molecule has 3 atom stereocenters. The van der Waals surface area contributed by atoms with Crippen LogP contribution in [0.5, 0.6) is 11.6 Å². The van der Waals surface area contributed by atoms with Crippen molar-refractivity contribution < 1.29 is 56.1 Å². The van der Waals surface area contributed by atoms with Crippen molar-refractivity contribution in [1.82, 2.24) is 25.5 Å². The number of aromatic nitrogens is 2. The number of nitrogens with zero attached hydrogens (tertiary/aromatic N) is 6. The number of aliphatic hydroxyl groups is 1. The van der Waals surface area contributed by atoms with Gasteiger partial charge in [0.15, 0.2) is 10.9 Å². The third-order valence-electron chi connectivity index (χ3n) is 13.1. The standard InChI is InChI=1S/C55H60F4N8O8S2/c1-33-46(77-32-63-33)35-13-11-34(12-14-35)29-62-49(70)42-27-39(68)31-65(42)50(71)47(53(2,3)4)64-48(69)36-15-19-40(20-16-36)74-26-10-24-73-23-8-7-9-25-75-43-22-18-38(30-61-43)67-52(76)66(51(72)54(67,5)6)41-21-17-37(28-60)44(45(41)56)55(57,58)59/h11-22,30,32,39,42,47,68H,7-10,23-27,29,31H2,1-6H3,(H,62,70)(H,64,69)/t39-,42+,47-/m1/s1. The number of amides is 4. The molecule has 4 amide bonds. The molecule has 0 radical (unpaired) electrons. The van der Waals surface area contributed by atoms with Gasteiger partial charge in [0.05, 0.1) is 64.6 Å². The number of carbonyl (C=O) groups is 4. The van der Waals surface area contributed by atoms with E-state index in [9.17, 15) is 37.5 Å². The zero-order valence-electron chi connectivity index (χ0n) is 43.4. The normalized spacial score (nSPS) is 16.8. The topological polar surface area (TPSA) is 200 Å². The second-order valence-electron chi connectivity index (χ2n) is 20.2. The molecule has 0 spiro atoms. The molecule has 7 rings (SSSR count). The molecule has 0 bridgehead atoms. The number of pyridine rings is 1. The van der Waals surface area contributed by atoms with Crippen molar-refractivity contribution >= 4 is 63.7 Å². The lowest BCUT2D eigenvalue weighted by Gasteiger charge is -2.35. The van der Waals surface area contributed by atoms with E-state index in [2.05, 4.69) is 20.6 Å². The number of hydrogen-bond donors (Lipinski definition) is 3. The van der Waals surface area contributed by atoms with Crippen molar-refractivity contribution in [3.63, 3.8) is 0 Å². The summed E-state index contributed by atoms with van der Waals surface area (Å²) in [7, 11) is 0. The molecule has 22 heteroatoms. The molecule has 16 nitrogen and oxygen atoms in total. The maximum Gasteiger partial charge on any atom is 0.420 e. The van der Waals surface area contributed by atoms with Gasteiger partial charge in [0.25, 0.3) is 11.8 Å². The fourth-order valence-corrected chi connectivity index (χ4v) is 10.3. The molecule has 4 heterocycles. The Morgan fingerprint density at radius 3 is 2.26 bits per heavy atom. The number of rotatable bonds is 21. The van der Waals surface area contributed by atoms with Crippen LogP contribution in [-0.2, 0) is 31.8 Å². The summed E-state index contributed by atoms with van der Waals surface area (Å²) in [5, 5.41) is 25.3. The highest BCUT2D eigenvalue weighted by Gasteiger charge is 2.52. The Morgan fingerprint density at radius 2 is 1.62 bits per heavy atom. The van der Waals surface area contributed by atoms with E-state index in [-0.39, 0.29) is 30.5 Å². The van der Waals surface area contributed by atoms with Crippen LogP contribution in [0, 0.1) is 29.5 Å². The average molecular weight is 1100 g/mol. The van der Waals surface area contributed by atoms with Crippen molar-refractivity contribution in [3.05, 3.63) is 118 Å².